The molecule has 1 aromatic rings. The Balaban J connectivity index is 3.14. The summed E-state index contributed by atoms with van der Waals surface area (Å²) in [6, 6.07) is 2.91. The fraction of sp³-hybridized carbons (Fsp3) is 0.214. The lowest BCUT2D eigenvalue weighted by molar-refractivity contribution is -0.131. The Morgan fingerprint density at radius 3 is 2.50 bits per heavy atom. The van der Waals surface area contributed by atoms with Crippen LogP contribution in [0.4, 0.5) is 0 Å². The number of carboxylic acids is 1. The topological polar surface area (TPSA) is 77.8 Å². The number of hydrogen-bond acceptors (Lipinski definition) is 3. The summed E-state index contributed by atoms with van der Waals surface area (Å²) in [5.74, 6) is -1.18. The molecule has 0 aromatic heterocycles. The van der Waals surface area contributed by atoms with E-state index in [9.17, 15) is 15.0 Å². The molecule has 1 aromatic carbocycles. The molecule has 96 valence electrons. The lowest BCUT2D eigenvalue weighted by Crippen LogP contribution is -1.90. The maximum atomic E-state index is 10.4. The molecule has 0 saturated carbocycles. The molecule has 0 saturated heterocycles. The second-order valence-corrected chi connectivity index (χ2v) is 4.16. The van der Waals surface area contributed by atoms with Gasteiger partial charge in [-0.25, -0.2) is 4.79 Å². The first-order chi connectivity index (χ1) is 8.41. The second kappa shape index (κ2) is 5.91. The van der Waals surface area contributed by atoms with Gasteiger partial charge in [0.1, 0.15) is 11.5 Å². The first-order valence-corrected chi connectivity index (χ1v) is 5.50. The van der Waals surface area contributed by atoms with E-state index >= 15 is 0 Å². The van der Waals surface area contributed by atoms with Crippen molar-refractivity contribution < 1.29 is 20.1 Å². The predicted octanol–water partition coefficient (Wildman–Crippen LogP) is 2.70. The molecule has 0 bridgehead atoms. The maximum Gasteiger partial charge on any atom is 0.328 e. The summed E-state index contributed by atoms with van der Waals surface area (Å²) in [7, 11) is 0. The minimum absolute atomic E-state index is 0.00234. The number of carboxylic acid groups (broad SMARTS) is 1. The number of allylic oxidation sites excluding steroid dienone is 2. The van der Waals surface area contributed by atoms with Crippen molar-refractivity contribution in [3.63, 3.8) is 0 Å². The van der Waals surface area contributed by atoms with Gasteiger partial charge in [0.25, 0.3) is 0 Å². The Morgan fingerprint density at radius 2 is 1.94 bits per heavy atom. The van der Waals surface area contributed by atoms with E-state index in [-0.39, 0.29) is 11.5 Å². The van der Waals surface area contributed by atoms with Crippen LogP contribution in [0.3, 0.4) is 0 Å². The average molecular weight is 248 g/mol. The van der Waals surface area contributed by atoms with Gasteiger partial charge < -0.3 is 15.3 Å². The van der Waals surface area contributed by atoms with Crippen molar-refractivity contribution in [1.82, 2.24) is 0 Å². The van der Waals surface area contributed by atoms with Crippen LogP contribution in [0, 0.1) is 0 Å². The minimum Gasteiger partial charge on any atom is -0.508 e. The van der Waals surface area contributed by atoms with Gasteiger partial charge in [-0.1, -0.05) is 11.6 Å². The average Bonchev–Trinajstić information content (AvgIpc) is 2.27. The highest BCUT2D eigenvalue weighted by Crippen LogP contribution is 2.32. The number of aromatic hydroxyl groups is 2. The molecule has 3 N–H and O–H groups in total. The molecule has 4 nitrogen and oxygen atoms in total. The maximum absolute atomic E-state index is 10.4. The van der Waals surface area contributed by atoms with Gasteiger partial charge in [0.05, 0.1) is 0 Å². The fourth-order valence-corrected chi connectivity index (χ4v) is 1.45. The SMILES string of the molecule is CC(C)=CCc1c(O)ccc(/C=C/C(=O)O)c1O. The molecule has 18 heavy (non-hydrogen) atoms. The largest absolute Gasteiger partial charge is 0.508 e. The van der Waals surface area contributed by atoms with Crippen molar-refractivity contribution in [2.45, 2.75) is 20.3 Å². The zero-order chi connectivity index (χ0) is 13.7. The third-order valence-electron chi connectivity index (χ3n) is 2.41. The minimum atomic E-state index is -1.09. The molecule has 0 atom stereocenters. The van der Waals surface area contributed by atoms with Gasteiger partial charge in [0.2, 0.25) is 0 Å². The van der Waals surface area contributed by atoms with Crippen molar-refractivity contribution in [2.24, 2.45) is 0 Å². The quantitative estimate of drug-likeness (QED) is 0.565. The van der Waals surface area contributed by atoms with E-state index in [1.807, 2.05) is 19.9 Å². The molecule has 0 spiro atoms. The van der Waals surface area contributed by atoms with Gasteiger partial charge in [0, 0.05) is 17.2 Å². The van der Waals surface area contributed by atoms with E-state index in [1.54, 1.807) is 0 Å². The number of benzene rings is 1. The number of carbonyl (C=O) groups is 1. The van der Waals surface area contributed by atoms with Crippen LogP contribution in [0.5, 0.6) is 11.5 Å². The zero-order valence-corrected chi connectivity index (χ0v) is 10.3. The third-order valence-corrected chi connectivity index (χ3v) is 2.41. The molecule has 0 aliphatic carbocycles. The summed E-state index contributed by atoms with van der Waals surface area (Å²) in [4.78, 5) is 10.4. The summed E-state index contributed by atoms with van der Waals surface area (Å²) in [5.41, 5.74) is 1.83. The molecule has 0 aliphatic heterocycles. The Bertz CT molecular complexity index is 509. The summed E-state index contributed by atoms with van der Waals surface area (Å²) in [6.07, 6.45) is 4.51. The fourth-order valence-electron chi connectivity index (χ4n) is 1.45. The van der Waals surface area contributed by atoms with E-state index in [1.165, 1.54) is 18.2 Å². The van der Waals surface area contributed by atoms with Crippen molar-refractivity contribution in [3.8, 4) is 11.5 Å². The summed E-state index contributed by atoms with van der Waals surface area (Å²) in [5, 5.41) is 28.2. The van der Waals surface area contributed by atoms with E-state index in [4.69, 9.17) is 5.11 Å². The highest BCUT2D eigenvalue weighted by atomic mass is 16.4. The standard InChI is InChI=1S/C14H16O4/c1-9(2)3-6-11-12(15)7-4-10(14(11)18)5-8-13(16)17/h3-5,7-8,15,18H,6H2,1-2H3,(H,16,17)/b8-5+. The summed E-state index contributed by atoms with van der Waals surface area (Å²) in [6.45, 7) is 3.84. The third kappa shape index (κ3) is 3.66. The van der Waals surface area contributed by atoms with Crippen LogP contribution in [-0.4, -0.2) is 21.3 Å². The van der Waals surface area contributed by atoms with Crippen LogP contribution >= 0.6 is 0 Å². The van der Waals surface area contributed by atoms with Gasteiger partial charge in [-0.05, 0) is 38.5 Å². The molecule has 0 aliphatic rings. The first kappa shape index (κ1) is 13.8. The lowest BCUT2D eigenvalue weighted by atomic mass is 10.0. The highest BCUT2D eigenvalue weighted by molar-refractivity contribution is 5.86. The molecular weight excluding hydrogens is 232 g/mol. The van der Waals surface area contributed by atoms with Crippen LogP contribution in [0.2, 0.25) is 0 Å². The van der Waals surface area contributed by atoms with Gasteiger partial charge in [0.15, 0.2) is 0 Å². The van der Waals surface area contributed by atoms with E-state index in [2.05, 4.69) is 0 Å². The molecule has 0 amide bonds. The van der Waals surface area contributed by atoms with Gasteiger partial charge in [-0.15, -0.1) is 0 Å². The summed E-state index contributed by atoms with van der Waals surface area (Å²) >= 11 is 0. The van der Waals surface area contributed by atoms with E-state index in [0.717, 1.165) is 11.6 Å². The second-order valence-electron chi connectivity index (χ2n) is 4.16. The number of hydrogen-bond donors (Lipinski definition) is 3. The Kier molecular flexibility index (Phi) is 4.54. The Morgan fingerprint density at radius 1 is 1.28 bits per heavy atom. The van der Waals surface area contributed by atoms with Crippen molar-refractivity contribution in [3.05, 3.63) is 41.0 Å². The molecule has 0 radical (unpaired) electrons. The predicted molar refractivity (Wildman–Crippen MR) is 69.6 cm³/mol. The van der Waals surface area contributed by atoms with Crippen LogP contribution in [-0.2, 0) is 11.2 Å². The van der Waals surface area contributed by atoms with Crippen molar-refractivity contribution >= 4 is 12.0 Å². The molecule has 4 heteroatoms. The molecule has 1 rings (SSSR count). The van der Waals surface area contributed by atoms with Gasteiger partial charge in [-0.3, -0.25) is 0 Å². The molecule has 0 fully saturated rings. The number of rotatable bonds is 4. The monoisotopic (exact) mass is 248 g/mol. The number of phenolic OH excluding ortho intramolecular Hbond substituents is 2. The lowest BCUT2D eigenvalue weighted by Gasteiger charge is -2.08. The molecule has 0 unspecified atom stereocenters. The van der Waals surface area contributed by atoms with Crippen molar-refractivity contribution in [1.29, 1.82) is 0 Å². The van der Waals surface area contributed by atoms with Crippen LogP contribution < -0.4 is 0 Å². The smallest absolute Gasteiger partial charge is 0.328 e. The van der Waals surface area contributed by atoms with Crippen LogP contribution in [0.25, 0.3) is 6.08 Å². The van der Waals surface area contributed by atoms with Crippen molar-refractivity contribution in [2.75, 3.05) is 0 Å². The van der Waals surface area contributed by atoms with Gasteiger partial charge >= 0.3 is 5.97 Å². The van der Waals surface area contributed by atoms with Crippen LogP contribution in [0.15, 0.2) is 29.9 Å². The molecule has 0 heterocycles. The summed E-state index contributed by atoms with van der Waals surface area (Å²) < 4.78 is 0. The first-order valence-electron chi connectivity index (χ1n) is 5.50. The molecular formula is C14H16O4. The Labute approximate surface area is 106 Å². The van der Waals surface area contributed by atoms with E-state index in [0.29, 0.717) is 17.5 Å². The number of phenols is 2. The highest BCUT2D eigenvalue weighted by Gasteiger charge is 2.09. The van der Waals surface area contributed by atoms with Crippen LogP contribution in [0.1, 0.15) is 25.0 Å². The van der Waals surface area contributed by atoms with E-state index < -0.39 is 5.97 Å². The zero-order valence-electron chi connectivity index (χ0n) is 10.3. The number of aliphatic carboxylic acids is 1. The normalized spacial score (nSPS) is 10.6. The Hall–Kier alpha value is -2.23. The van der Waals surface area contributed by atoms with Gasteiger partial charge in [-0.2, -0.15) is 0 Å².